The molecule has 29 heavy (non-hydrogen) atoms. The van der Waals surface area contributed by atoms with Crippen LogP contribution in [-0.4, -0.2) is 15.6 Å². The zero-order chi connectivity index (χ0) is 21.4. The molecule has 0 spiro atoms. The molecule has 0 amide bonds. The molecule has 0 bridgehead atoms. The Balaban J connectivity index is 2.16. The monoisotopic (exact) mass is 412 g/mol. The van der Waals surface area contributed by atoms with E-state index in [9.17, 15) is 35.9 Å². The quantitative estimate of drug-likeness (QED) is 0.470. The summed E-state index contributed by atoms with van der Waals surface area (Å²) >= 11 is 0. The third-order valence-electron chi connectivity index (χ3n) is 3.93. The van der Waals surface area contributed by atoms with Crippen molar-refractivity contribution in [2.75, 3.05) is 0 Å². The highest BCUT2D eigenvalue weighted by molar-refractivity contribution is 6.08. The van der Waals surface area contributed by atoms with E-state index in [1.165, 1.54) is 24.3 Å². The molecule has 10 heteroatoms. The minimum Gasteiger partial charge on any atom is -0.287 e. The fourth-order valence-corrected chi connectivity index (χ4v) is 2.54. The third-order valence-corrected chi connectivity index (χ3v) is 3.93. The lowest BCUT2D eigenvalue weighted by atomic mass is 10.0. The van der Waals surface area contributed by atoms with Gasteiger partial charge in [-0.05, 0) is 24.3 Å². The third kappa shape index (κ3) is 4.20. The van der Waals surface area contributed by atoms with Gasteiger partial charge in [-0.2, -0.15) is 36.1 Å². The fraction of sp³-hybridized carbons (Fsp3) is 0.105. The number of benzene rings is 2. The maximum absolute atomic E-state index is 13.4. The average Bonchev–Trinajstić information content (AvgIpc) is 2.66. The Morgan fingerprint density at radius 3 is 1.93 bits per heavy atom. The van der Waals surface area contributed by atoms with Crippen molar-refractivity contribution >= 4 is 5.78 Å². The molecule has 0 aliphatic rings. The Morgan fingerprint density at radius 1 is 0.828 bits per heavy atom. The van der Waals surface area contributed by atoms with Crippen LogP contribution < -0.4 is 5.56 Å². The van der Waals surface area contributed by atoms with E-state index in [2.05, 4.69) is 5.10 Å². The van der Waals surface area contributed by atoms with Crippen molar-refractivity contribution < 1.29 is 31.1 Å². The molecular weight excluding hydrogens is 402 g/mol. The van der Waals surface area contributed by atoms with Crippen molar-refractivity contribution in [3.05, 3.63) is 93.4 Å². The lowest BCUT2D eigenvalue weighted by molar-refractivity contribution is -0.138. The summed E-state index contributed by atoms with van der Waals surface area (Å²) in [5, 5.41) is 3.57. The predicted octanol–water partition coefficient (Wildman–Crippen LogP) is 4.50. The van der Waals surface area contributed by atoms with Gasteiger partial charge in [0.2, 0.25) is 5.78 Å². The molecular formula is C19H10F6N2O2. The van der Waals surface area contributed by atoms with Gasteiger partial charge in [0.15, 0.2) is 0 Å². The SMILES string of the molecule is O=C(c1ccc(C(F)(F)F)cc1)c1nn(-c2ccccc2)c(=O)cc1C(F)(F)F. The topological polar surface area (TPSA) is 52.0 Å². The molecule has 3 aromatic rings. The minimum atomic E-state index is -5.07. The highest BCUT2D eigenvalue weighted by Crippen LogP contribution is 2.32. The molecule has 4 nitrogen and oxygen atoms in total. The number of ketones is 1. The molecule has 0 saturated carbocycles. The van der Waals surface area contributed by atoms with Crippen molar-refractivity contribution in [1.82, 2.24) is 9.78 Å². The van der Waals surface area contributed by atoms with E-state index in [-0.39, 0.29) is 11.8 Å². The van der Waals surface area contributed by atoms with E-state index in [1.54, 1.807) is 6.07 Å². The van der Waals surface area contributed by atoms with Crippen LogP contribution in [0.25, 0.3) is 5.69 Å². The summed E-state index contributed by atoms with van der Waals surface area (Å²) in [5.74, 6) is -1.27. The summed E-state index contributed by atoms with van der Waals surface area (Å²) < 4.78 is 78.7. The predicted molar refractivity (Wildman–Crippen MR) is 89.7 cm³/mol. The largest absolute Gasteiger partial charge is 0.418 e. The van der Waals surface area contributed by atoms with Gasteiger partial charge in [0.1, 0.15) is 5.69 Å². The average molecular weight is 412 g/mol. The molecule has 2 aromatic carbocycles. The molecule has 0 saturated heterocycles. The molecule has 0 aliphatic carbocycles. The summed E-state index contributed by atoms with van der Waals surface area (Å²) in [5.41, 5.74) is -5.16. The number of halogens is 6. The lowest BCUT2D eigenvalue weighted by Crippen LogP contribution is -2.28. The number of hydrogen-bond donors (Lipinski definition) is 0. The first-order valence-corrected chi connectivity index (χ1v) is 7.97. The van der Waals surface area contributed by atoms with E-state index in [0.29, 0.717) is 16.8 Å². The van der Waals surface area contributed by atoms with Crippen LogP contribution in [0.3, 0.4) is 0 Å². The second kappa shape index (κ2) is 7.19. The minimum absolute atomic E-state index is 0.118. The van der Waals surface area contributed by atoms with Crippen molar-refractivity contribution in [2.24, 2.45) is 0 Å². The van der Waals surface area contributed by atoms with Crippen molar-refractivity contribution in [3.8, 4) is 5.69 Å². The van der Waals surface area contributed by atoms with Crippen LogP contribution in [0.15, 0.2) is 65.5 Å². The molecule has 1 aromatic heterocycles. The van der Waals surface area contributed by atoms with Crippen LogP contribution in [-0.2, 0) is 12.4 Å². The van der Waals surface area contributed by atoms with Gasteiger partial charge in [0.05, 0.1) is 16.8 Å². The zero-order valence-corrected chi connectivity index (χ0v) is 14.3. The molecule has 0 aliphatic heterocycles. The number of rotatable bonds is 3. The van der Waals surface area contributed by atoms with Crippen LogP contribution in [0.1, 0.15) is 27.2 Å². The highest BCUT2D eigenvalue weighted by atomic mass is 19.4. The molecule has 150 valence electrons. The van der Waals surface area contributed by atoms with Gasteiger partial charge >= 0.3 is 12.4 Å². The molecule has 0 unspecified atom stereocenters. The number of hydrogen-bond acceptors (Lipinski definition) is 3. The summed E-state index contributed by atoms with van der Waals surface area (Å²) in [4.78, 5) is 24.7. The van der Waals surface area contributed by atoms with Crippen molar-refractivity contribution in [2.45, 2.75) is 12.4 Å². The van der Waals surface area contributed by atoms with Crippen molar-refractivity contribution in [3.63, 3.8) is 0 Å². The second-order valence-corrected chi connectivity index (χ2v) is 5.89. The molecule has 0 radical (unpaired) electrons. The number of alkyl halides is 6. The van der Waals surface area contributed by atoms with E-state index in [0.717, 1.165) is 12.1 Å². The van der Waals surface area contributed by atoms with E-state index in [4.69, 9.17) is 0 Å². The van der Waals surface area contributed by atoms with Crippen LogP contribution >= 0.6 is 0 Å². The summed E-state index contributed by atoms with van der Waals surface area (Å²) in [6.07, 6.45) is -9.74. The Bertz CT molecular complexity index is 1100. The molecule has 1 heterocycles. The van der Waals surface area contributed by atoms with Crippen LogP contribution in [0.4, 0.5) is 26.3 Å². The van der Waals surface area contributed by atoms with E-state index >= 15 is 0 Å². The summed E-state index contributed by atoms with van der Waals surface area (Å²) in [7, 11) is 0. The van der Waals surface area contributed by atoms with Gasteiger partial charge in [0.25, 0.3) is 5.56 Å². The number of carbonyl (C=O) groups excluding carboxylic acids is 1. The summed E-state index contributed by atoms with van der Waals surface area (Å²) in [6.45, 7) is 0. The zero-order valence-electron chi connectivity index (χ0n) is 14.3. The highest BCUT2D eigenvalue weighted by Gasteiger charge is 2.38. The van der Waals surface area contributed by atoms with Gasteiger partial charge in [0, 0.05) is 11.6 Å². The smallest absolute Gasteiger partial charge is 0.287 e. The molecule has 0 atom stereocenters. The van der Waals surface area contributed by atoms with Gasteiger partial charge in [-0.1, -0.05) is 30.3 Å². The Labute approximate surface area is 159 Å². The first-order valence-electron chi connectivity index (χ1n) is 7.97. The van der Waals surface area contributed by atoms with E-state index < -0.39 is 46.1 Å². The van der Waals surface area contributed by atoms with Crippen LogP contribution in [0.2, 0.25) is 0 Å². The second-order valence-electron chi connectivity index (χ2n) is 5.89. The normalized spacial score (nSPS) is 12.1. The van der Waals surface area contributed by atoms with Gasteiger partial charge in [-0.25, -0.2) is 0 Å². The first kappa shape index (κ1) is 20.3. The Hall–Kier alpha value is -3.43. The van der Waals surface area contributed by atoms with Gasteiger partial charge in [-0.15, -0.1) is 0 Å². The van der Waals surface area contributed by atoms with E-state index in [1.807, 2.05) is 0 Å². The Kier molecular flexibility index (Phi) is 5.04. The van der Waals surface area contributed by atoms with Crippen molar-refractivity contribution in [1.29, 1.82) is 0 Å². The fourth-order valence-electron chi connectivity index (χ4n) is 2.54. The molecule has 0 N–H and O–H groups in total. The number of para-hydroxylation sites is 1. The molecule has 0 fully saturated rings. The summed E-state index contributed by atoms with van der Waals surface area (Å²) in [6, 6.07) is 10.3. The lowest BCUT2D eigenvalue weighted by Gasteiger charge is -2.14. The molecule has 3 rings (SSSR count). The number of carbonyl (C=O) groups is 1. The maximum atomic E-state index is 13.4. The van der Waals surface area contributed by atoms with Crippen LogP contribution in [0, 0.1) is 0 Å². The van der Waals surface area contributed by atoms with Gasteiger partial charge in [-0.3, -0.25) is 9.59 Å². The maximum Gasteiger partial charge on any atom is 0.418 e. The van der Waals surface area contributed by atoms with Crippen LogP contribution in [0.5, 0.6) is 0 Å². The first-order chi connectivity index (χ1) is 13.5. The number of nitrogens with zero attached hydrogens (tertiary/aromatic N) is 2. The number of aromatic nitrogens is 2. The Morgan fingerprint density at radius 2 is 1.41 bits per heavy atom. The van der Waals surface area contributed by atoms with Gasteiger partial charge < -0.3 is 0 Å². The standard InChI is InChI=1S/C19H10F6N2O2/c20-18(21,22)12-8-6-11(7-9-12)17(29)16-14(19(23,24)25)10-15(28)27(26-16)13-4-2-1-3-5-13/h1-10H.